The van der Waals surface area contributed by atoms with Crippen molar-refractivity contribution < 1.29 is 17.2 Å². The van der Waals surface area contributed by atoms with Gasteiger partial charge in [0.1, 0.15) is 29.5 Å². The van der Waals surface area contributed by atoms with Gasteiger partial charge >= 0.3 is 0 Å². The Hall–Kier alpha value is -3.86. The van der Waals surface area contributed by atoms with Crippen LogP contribution in [-0.4, -0.2) is 43.2 Å². The minimum atomic E-state index is -3.76. The fourth-order valence-electron chi connectivity index (χ4n) is 3.51. The summed E-state index contributed by atoms with van der Waals surface area (Å²) in [6, 6.07) is 11.3. The maximum absolute atomic E-state index is 15.2. The van der Waals surface area contributed by atoms with E-state index in [9.17, 15) is 12.8 Å². The molecule has 0 atom stereocenters. The Balaban J connectivity index is 1.73. The third-order valence-corrected chi connectivity index (χ3v) is 6.72. The van der Waals surface area contributed by atoms with Gasteiger partial charge < -0.3 is 10.2 Å². The number of halogens is 2. The molecule has 0 spiro atoms. The monoisotopic (exact) mass is 498 g/mol. The first-order chi connectivity index (χ1) is 16.7. The molecule has 0 aliphatic carbocycles. The number of pyridine rings is 1. The molecule has 0 saturated carbocycles. The van der Waals surface area contributed by atoms with Crippen molar-refractivity contribution in [3.63, 3.8) is 0 Å². The first kappa shape index (κ1) is 24.3. The highest BCUT2D eigenvalue weighted by atomic mass is 32.2. The summed E-state index contributed by atoms with van der Waals surface area (Å²) in [6.07, 6.45) is 3.37. The van der Waals surface area contributed by atoms with E-state index in [1.54, 1.807) is 25.3 Å². The van der Waals surface area contributed by atoms with Crippen LogP contribution in [0.4, 0.5) is 31.8 Å². The number of nitrogens with one attached hydrogen (secondary N) is 2. The standard InChI is InChI=1S/C24H24F2N6O2S/c1-4-11-35(33,34)31-20-9-7-18(25)23(22(20)26)30-24-17-12-15(5-8-19(17)28-14-29-24)16-6-10-21(27-13-16)32(2)3/h5-10,12-14,31H,4,11H2,1-3H3,(H,28,29,30). The predicted molar refractivity (Wildman–Crippen MR) is 134 cm³/mol. The van der Waals surface area contributed by atoms with Crippen LogP contribution in [-0.2, 0) is 10.0 Å². The van der Waals surface area contributed by atoms with Crippen molar-refractivity contribution in [2.45, 2.75) is 13.3 Å². The zero-order chi connectivity index (χ0) is 25.2. The maximum Gasteiger partial charge on any atom is 0.232 e. The highest BCUT2D eigenvalue weighted by Gasteiger charge is 2.19. The normalized spacial score (nSPS) is 11.5. The van der Waals surface area contributed by atoms with Crippen LogP contribution in [0.3, 0.4) is 0 Å². The van der Waals surface area contributed by atoms with E-state index in [2.05, 4.69) is 25.0 Å². The first-order valence-corrected chi connectivity index (χ1v) is 12.5. The lowest BCUT2D eigenvalue weighted by Gasteiger charge is -2.14. The molecule has 0 bridgehead atoms. The number of hydrogen-bond acceptors (Lipinski definition) is 7. The average molecular weight is 499 g/mol. The van der Waals surface area contributed by atoms with Crippen LogP contribution in [0.2, 0.25) is 0 Å². The fraction of sp³-hybridized carbons (Fsp3) is 0.208. The number of nitrogens with zero attached hydrogens (tertiary/aromatic N) is 4. The topological polar surface area (TPSA) is 100 Å². The van der Waals surface area contributed by atoms with Gasteiger partial charge in [-0.1, -0.05) is 13.0 Å². The minimum absolute atomic E-state index is 0.168. The van der Waals surface area contributed by atoms with Gasteiger partial charge in [-0.25, -0.2) is 32.2 Å². The molecule has 0 fully saturated rings. The second-order valence-corrected chi connectivity index (χ2v) is 9.93. The molecule has 0 aliphatic rings. The van der Waals surface area contributed by atoms with Gasteiger partial charge in [-0.3, -0.25) is 4.72 Å². The number of hydrogen-bond donors (Lipinski definition) is 2. The fourth-order valence-corrected chi connectivity index (χ4v) is 4.64. The molecule has 0 unspecified atom stereocenters. The molecule has 2 heterocycles. The molecule has 8 nitrogen and oxygen atoms in total. The maximum atomic E-state index is 15.2. The van der Waals surface area contributed by atoms with Crippen molar-refractivity contribution in [1.82, 2.24) is 15.0 Å². The summed E-state index contributed by atoms with van der Waals surface area (Å²) in [5.74, 6) is -1.18. The molecule has 182 valence electrons. The van der Waals surface area contributed by atoms with Gasteiger partial charge in [0.15, 0.2) is 5.82 Å². The highest BCUT2D eigenvalue weighted by Crippen LogP contribution is 2.32. The van der Waals surface area contributed by atoms with Crippen molar-refractivity contribution in [2.24, 2.45) is 0 Å². The number of anilines is 4. The summed E-state index contributed by atoms with van der Waals surface area (Å²) in [6.45, 7) is 1.69. The molecule has 0 radical (unpaired) electrons. The van der Waals surface area contributed by atoms with Gasteiger partial charge in [-0.15, -0.1) is 0 Å². The number of aromatic nitrogens is 3. The zero-order valence-corrected chi connectivity index (χ0v) is 20.2. The average Bonchev–Trinajstić information content (AvgIpc) is 2.83. The predicted octanol–water partition coefficient (Wildman–Crippen LogP) is 4.93. The Labute approximate surface area is 202 Å². The molecule has 0 amide bonds. The van der Waals surface area contributed by atoms with Crippen molar-refractivity contribution in [3.8, 4) is 11.1 Å². The van der Waals surface area contributed by atoms with E-state index in [1.165, 1.54) is 6.33 Å². The largest absolute Gasteiger partial charge is 0.363 e. The quantitative estimate of drug-likeness (QED) is 0.355. The number of sulfonamides is 1. The summed E-state index contributed by atoms with van der Waals surface area (Å²) in [5, 5.41) is 3.21. The second-order valence-electron chi connectivity index (χ2n) is 8.08. The van der Waals surface area contributed by atoms with Crippen LogP contribution in [0.5, 0.6) is 0 Å². The first-order valence-electron chi connectivity index (χ1n) is 10.8. The molecule has 0 saturated heterocycles. The van der Waals surface area contributed by atoms with E-state index in [4.69, 9.17) is 0 Å². The van der Waals surface area contributed by atoms with Crippen LogP contribution >= 0.6 is 0 Å². The summed E-state index contributed by atoms with van der Waals surface area (Å²) in [5.41, 5.74) is 1.34. The second kappa shape index (κ2) is 9.79. The lowest BCUT2D eigenvalue weighted by Crippen LogP contribution is -2.17. The van der Waals surface area contributed by atoms with Gasteiger partial charge in [0.25, 0.3) is 0 Å². The third-order valence-electron chi connectivity index (χ3n) is 5.25. The Morgan fingerprint density at radius 2 is 1.74 bits per heavy atom. The van der Waals surface area contributed by atoms with Gasteiger partial charge in [0.2, 0.25) is 10.0 Å². The smallest absolute Gasteiger partial charge is 0.232 e. The zero-order valence-electron chi connectivity index (χ0n) is 19.4. The highest BCUT2D eigenvalue weighted by molar-refractivity contribution is 7.92. The third kappa shape index (κ3) is 5.29. The van der Waals surface area contributed by atoms with Crippen molar-refractivity contribution in [1.29, 1.82) is 0 Å². The number of fused-ring (bicyclic) bond motifs is 1. The SMILES string of the molecule is CCCS(=O)(=O)Nc1ccc(F)c(Nc2ncnc3ccc(-c4ccc(N(C)C)nc4)cc23)c1F. The van der Waals surface area contributed by atoms with E-state index in [-0.39, 0.29) is 17.3 Å². The number of benzene rings is 2. The Kier molecular flexibility index (Phi) is 6.79. The molecular weight excluding hydrogens is 474 g/mol. The van der Waals surface area contributed by atoms with E-state index in [0.717, 1.165) is 29.1 Å². The van der Waals surface area contributed by atoms with Crippen molar-refractivity contribution in [2.75, 3.05) is 34.8 Å². The van der Waals surface area contributed by atoms with E-state index in [0.29, 0.717) is 17.3 Å². The summed E-state index contributed by atoms with van der Waals surface area (Å²) >= 11 is 0. The lowest BCUT2D eigenvalue weighted by atomic mass is 10.0. The summed E-state index contributed by atoms with van der Waals surface area (Å²) in [4.78, 5) is 14.7. The van der Waals surface area contributed by atoms with Gasteiger partial charge in [0, 0.05) is 31.2 Å². The molecule has 35 heavy (non-hydrogen) atoms. The molecule has 4 rings (SSSR count). The summed E-state index contributed by atoms with van der Waals surface area (Å²) in [7, 11) is 0.0323. The van der Waals surface area contributed by atoms with Crippen LogP contribution in [0, 0.1) is 11.6 Å². The molecule has 2 aromatic carbocycles. The van der Waals surface area contributed by atoms with Crippen LogP contribution in [0.25, 0.3) is 22.0 Å². The van der Waals surface area contributed by atoms with Gasteiger partial charge in [-0.2, -0.15) is 0 Å². The molecule has 2 N–H and O–H groups in total. The van der Waals surface area contributed by atoms with Gasteiger partial charge in [-0.05, 0) is 48.4 Å². The summed E-state index contributed by atoms with van der Waals surface area (Å²) < 4.78 is 56.1. The van der Waals surface area contributed by atoms with Gasteiger partial charge in [0.05, 0.1) is 17.0 Å². The number of rotatable bonds is 8. The molecule has 11 heteroatoms. The molecular formula is C24H24F2N6O2S. The molecule has 4 aromatic rings. The van der Waals surface area contributed by atoms with E-state index in [1.807, 2.05) is 37.2 Å². The molecule has 0 aliphatic heterocycles. The van der Waals surface area contributed by atoms with Crippen LogP contribution < -0.4 is 14.9 Å². The van der Waals surface area contributed by atoms with Crippen molar-refractivity contribution >= 4 is 43.9 Å². The molecule has 2 aromatic heterocycles. The van der Waals surface area contributed by atoms with Crippen LogP contribution in [0.15, 0.2) is 55.0 Å². The Morgan fingerprint density at radius 3 is 2.43 bits per heavy atom. The lowest BCUT2D eigenvalue weighted by molar-refractivity contribution is 0.588. The van der Waals surface area contributed by atoms with E-state index < -0.39 is 27.3 Å². The minimum Gasteiger partial charge on any atom is -0.363 e. The van der Waals surface area contributed by atoms with Crippen molar-refractivity contribution in [3.05, 3.63) is 66.6 Å². The van der Waals surface area contributed by atoms with E-state index >= 15 is 4.39 Å². The Bertz CT molecular complexity index is 1480. The Morgan fingerprint density at radius 1 is 0.971 bits per heavy atom. The van der Waals surface area contributed by atoms with Crippen LogP contribution in [0.1, 0.15) is 13.3 Å².